The van der Waals surface area contributed by atoms with Crippen LogP contribution in [0.2, 0.25) is 0 Å². The highest BCUT2D eigenvalue weighted by Gasteiger charge is 2.55. The molecule has 1 N–H and O–H groups in total. The van der Waals surface area contributed by atoms with E-state index in [1.54, 1.807) is 11.0 Å². The van der Waals surface area contributed by atoms with E-state index in [-0.39, 0.29) is 49.4 Å². The van der Waals surface area contributed by atoms with Crippen molar-refractivity contribution in [1.29, 1.82) is 0 Å². The third-order valence-electron chi connectivity index (χ3n) is 6.43. The van der Waals surface area contributed by atoms with Gasteiger partial charge in [0.1, 0.15) is 5.82 Å². The van der Waals surface area contributed by atoms with Crippen LogP contribution in [0.5, 0.6) is 0 Å². The van der Waals surface area contributed by atoms with Gasteiger partial charge >= 0.3 is 0 Å². The van der Waals surface area contributed by atoms with Gasteiger partial charge in [-0.2, -0.15) is 0 Å². The van der Waals surface area contributed by atoms with Crippen LogP contribution in [0, 0.1) is 5.82 Å². The summed E-state index contributed by atoms with van der Waals surface area (Å²) in [4.78, 5) is 44.5. The molecule has 2 fully saturated rings. The van der Waals surface area contributed by atoms with Crippen molar-refractivity contribution < 1.29 is 23.9 Å². The van der Waals surface area contributed by atoms with Crippen molar-refractivity contribution in [2.45, 2.75) is 50.0 Å². The van der Waals surface area contributed by atoms with Crippen molar-refractivity contribution in [3.05, 3.63) is 35.6 Å². The Morgan fingerprint density at radius 1 is 1.26 bits per heavy atom. The lowest BCUT2D eigenvalue weighted by molar-refractivity contribution is -0.144. The molecule has 0 aliphatic carbocycles. The van der Waals surface area contributed by atoms with Crippen LogP contribution in [-0.2, 0) is 19.8 Å². The molecule has 7 nitrogen and oxygen atoms in total. The number of piperidine rings is 1. The molecule has 3 amide bonds. The predicted octanol–water partition coefficient (Wildman–Crippen LogP) is 1.54. The summed E-state index contributed by atoms with van der Waals surface area (Å²) in [5.41, 5.74) is -1.43. The van der Waals surface area contributed by atoms with Crippen LogP contribution < -0.4 is 0 Å². The monoisotopic (exact) mass is 433 g/mol. The molecule has 0 radical (unpaired) electrons. The first-order chi connectivity index (χ1) is 14.8. The summed E-state index contributed by atoms with van der Waals surface area (Å²) in [6, 6.07) is 5.82. The molecule has 1 aromatic carbocycles. The standard InChI is InChI=1S/C23H32FN3O4/c1-25(2)12-13-27-21(30)16-23(22(27)31,18-8-3-4-9-19(18)24)15-20(29)26-11-6-5-7-17(26)10-14-28/h3-4,8-9,17,28H,5-7,10-16H2,1-2H3. The summed E-state index contributed by atoms with van der Waals surface area (Å²) >= 11 is 0. The molecule has 2 heterocycles. The summed E-state index contributed by atoms with van der Waals surface area (Å²) < 4.78 is 14.9. The van der Waals surface area contributed by atoms with Crippen LogP contribution in [-0.4, -0.2) is 83.9 Å². The molecular weight excluding hydrogens is 401 g/mol. The summed E-state index contributed by atoms with van der Waals surface area (Å²) in [6.45, 7) is 1.21. The first-order valence-corrected chi connectivity index (χ1v) is 10.9. The molecule has 2 aliphatic rings. The molecule has 2 unspecified atom stereocenters. The van der Waals surface area contributed by atoms with Crippen molar-refractivity contribution in [2.24, 2.45) is 0 Å². The van der Waals surface area contributed by atoms with Crippen LogP contribution in [0.4, 0.5) is 4.39 Å². The molecule has 1 aromatic rings. The van der Waals surface area contributed by atoms with E-state index in [2.05, 4.69) is 0 Å². The molecule has 2 atom stereocenters. The molecule has 0 bridgehead atoms. The Morgan fingerprint density at radius 2 is 2.00 bits per heavy atom. The number of amides is 3. The number of likely N-dealkylation sites (tertiary alicyclic amines) is 2. The minimum Gasteiger partial charge on any atom is -0.396 e. The lowest BCUT2D eigenvalue weighted by Crippen LogP contribution is -2.49. The summed E-state index contributed by atoms with van der Waals surface area (Å²) in [7, 11) is 3.69. The van der Waals surface area contributed by atoms with Crippen molar-refractivity contribution in [1.82, 2.24) is 14.7 Å². The molecule has 2 aliphatic heterocycles. The van der Waals surface area contributed by atoms with E-state index in [1.807, 2.05) is 19.0 Å². The van der Waals surface area contributed by atoms with Gasteiger partial charge in [0.2, 0.25) is 17.7 Å². The van der Waals surface area contributed by atoms with E-state index in [1.165, 1.54) is 23.1 Å². The Bertz CT molecular complexity index is 829. The number of imide groups is 1. The number of nitrogens with zero attached hydrogens (tertiary/aromatic N) is 3. The third-order valence-corrected chi connectivity index (χ3v) is 6.43. The van der Waals surface area contributed by atoms with Crippen molar-refractivity contribution in [3.63, 3.8) is 0 Å². The maximum Gasteiger partial charge on any atom is 0.241 e. The third kappa shape index (κ3) is 4.80. The number of aliphatic hydroxyl groups excluding tert-OH is 1. The fourth-order valence-electron chi connectivity index (χ4n) is 4.76. The number of carbonyl (C=O) groups is 3. The van der Waals surface area contributed by atoms with E-state index >= 15 is 0 Å². The topological polar surface area (TPSA) is 81.2 Å². The van der Waals surface area contributed by atoms with Gasteiger partial charge in [0.25, 0.3) is 0 Å². The molecule has 0 spiro atoms. The van der Waals surface area contributed by atoms with E-state index < -0.39 is 17.1 Å². The number of benzene rings is 1. The minimum absolute atomic E-state index is 0.0252. The van der Waals surface area contributed by atoms with E-state index in [0.717, 1.165) is 19.3 Å². The summed E-state index contributed by atoms with van der Waals surface area (Å²) in [5.74, 6) is -1.74. The lowest BCUT2D eigenvalue weighted by atomic mass is 9.75. The van der Waals surface area contributed by atoms with Gasteiger partial charge in [-0.1, -0.05) is 18.2 Å². The van der Waals surface area contributed by atoms with E-state index in [9.17, 15) is 23.9 Å². The zero-order valence-electron chi connectivity index (χ0n) is 18.3. The van der Waals surface area contributed by atoms with Crippen LogP contribution in [0.3, 0.4) is 0 Å². The zero-order valence-corrected chi connectivity index (χ0v) is 18.3. The average Bonchev–Trinajstić information content (AvgIpc) is 2.97. The lowest BCUT2D eigenvalue weighted by Gasteiger charge is -2.38. The predicted molar refractivity (Wildman–Crippen MR) is 114 cm³/mol. The first-order valence-electron chi connectivity index (χ1n) is 10.9. The fourth-order valence-corrected chi connectivity index (χ4v) is 4.76. The number of rotatable bonds is 8. The molecule has 8 heteroatoms. The second-order valence-electron chi connectivity index (χ2n) is 8.82. The second-order valence-corrected chi connectivity index (χ2v) is 8.82. The molecule has 170 valence electrons. The molecule has 2 saturated heterocycles. The van der Waals surface area contributed by atoms with Crippen molar-refractivity contribution >= 4 is 17.7 Å². The van der Waals surface area contributed by atoms with Crippen molar-refractivity contribution in [3.8, 4) is 0 Å². The van der Waals surface area contributed by atoms with E-state index in [4.69, 9.17) is 0 Å². The zero-order chi connectivity index (χ0) is 22.6. The number of carbonyl (C=O) groups excluding carboxylic acids is 3. The number of halogens is 1. The van der Waals surface area contributed by atoms with Gasteiger partial charge in [-0.25, -0.2) is 4.39 Å². The van der Waals surface area contributed by atoms with Gasteiger partial charge in [0.15, 0.2) is 0 Å². The molecule has 0 aromatic heterocycles. The van der Waals surface area contributed by atoms with Gasteiger partial charge in [0, 0.05) is 50.7 Å². The smallest absolute Gasteiger partial charge is 0.241 e. The van der Waals surface area contributed by atoms with Gasteiger partial charge in [-0.05, 0) is 45.8 Å². The number of aliphatic hydroxyl groups is 1. The largest absolute Gasteiger partial charge is 0.396 e. The Balaban J connectivity index is 1.94. The summed E-state index contributed by atoms with van der Waals surface area (Å²) in [5, 5.41) is 9.39. The summed E-state index contributed by atoms with van der Waals surface area (Å²) in [6.07, 6.45) is 2.62. The highest BCUT2D eigenvalue weighted by Crippen LogP contribution is 2.42. The van der Waals surface area contributed by atoms with Crippen LogP contribution >= 0.6 is 0 Å². The number of hydrogen-bond acceptors (Lipinski definition) is 5. The Hall–Kier alpha value is -2.32. The van der Waals surface area contributed by atoms with Gasteiger partial charge in [-0.3, -0.25) is 19.3 Å². The number of hydrogen-bond donors (Lipinski definition) is 1. The van der Waals surface area contributed by atoms with Crippen LogP contribution in [0.1, 0.15) is 44.1 Å². The van der Waals surface area contributed by atoms with Crippen LogP contribution in [0.25, 0.3) is 0 Å². The highest BCUT2D eigenvalue weighted by molar-refractivity contribution is 6.10. The highest BCUT2D eigenvalue weighted by atomic mass is 19.1. The Labute approximate surface area is 182 Å². The average molecular weight is 434 g/mol. The van der Waals surface area contributed by atoms with Crippen molar-refractivity contribution in [2.75, 3.05) is 40.3 Å². The van der Waals surface area contributed by atoms with E-state index in [0.29, 0.717) is 19.5 Å². The van der Waals surface area contributed by atoms with Crippen LogP contribution in [0.15, 0.2) is 24.3 Å². The fraction of sp³-hybridized carbons (Fsp3) is 0.609. The SMILES string of the molecule is CN(C)CCN1C(=O)CC(CC(=O)N2CCCCC2CCO)(c2ccccc2F)C1=O. The normalized spacial score (nSPS) is 24.4. The molecular formula is C23H32FN3O4. The maximum absolute atomic E-state index is 14.9. The van der Waals surface area contributed by atoms with Gasteiger partial charge in [-0.15, -0.1) is 0 Å². The second kappa shape index (κ2) is 9.87. The molecule has 0 saturated carbocycles. The van der Waals surface area contributed by atoms with Gasteiger partial charge < -0.3 is 14.9 Å². The first kappa shape index (κ1) is 23.3. The Kier molecular flexibility index (Phi) is 7.43. The van der Waals surface area contributed by atoms with Gasteiger partial charge in [0.05, 0.1) is 5.41 Å². The quantitative estimate of drug-likeness (QED) is 0.629. The maximum atomic E-state index is 14.9. The molecule has 31 heavy (non-hydrogen) atoms. The molecule has 3 rings (SSSR count). The Morgan fingerprint density at radius 3 is 2.68 bits per heavy atom. The number of likely N-dealkylation sites (N-methyl/N-ethyl adjacent to an activating group) is 1. The minimum atomic E-state index is -1.53.